The number of aromatic nitrogens is 3. The highest BCUT2D eigenvalue weighted by Gasteiger charge is 2.03. The Morgan fingerprint density at radius 2 is 2.31 bits per heavy atom. The molecule has 0 saturated heterocycles. The molecule has 0 aliphatic heterocycles. The molecule has 5 heteroatoms. The third kappa shape index (κ3) is 2.13. The van der Waals surface area contributed by atoms with Crippen molar-refractivity contribution in [2.24, 2.45) is 0 Å². The van der Waals surface area contributed by atoms with Gasteiger partial charge in [0.2, 0.25) is 0 Å². The Balaban J connectivity index is 2.07. The number of methoxy groups -OCH3 is 1. The summed E-state index contributed by atoms with van der Waals surface area (Å²) in [6.07, 6.45) is 5.26. The molecule has 2 aromatic heterocycles. The van der Waals surface area contributed by atoms with Crippen LogP contribution in [0.15, 0.2) is 24.7 Å². The number of aromatic amines is 1. The number of aryl methyl sites for hydroxylation is 1. The SMILES string of the molecule is COc1ccncc1NCc1cn[nH]c1C. The molecule has 0 radical (unpaired) electrons. The molecule has 0 aliphatic rings. The maximum Gasteiger partial charge on any atom is 0.145 e. The lowest BCUT2D eigenvalue weighted by atomic mass is 10.2. The van der Waals surface area contributed by atoms with Crippen LogP contribution in [0.2, 0.25) is 0 Å². The van der Waals surface area contributed by atoms with Crippen LogP contribution < -0.4 is 10.1 Å². The second-order valence-electron chi connectivity index (χ2n) is 3.45. The van der Waals surface area contributed by atoms with Crippen molar-refractivity contribution >= 4 is 5.69 Å². The Bertz CT molecular complexity index is 467. The van der Waals surface area contributed by atoms with Gasteiger partial charge < -0.3 is 10.1 Å². The molecule has 2 rings (SSSR count). The molecule has 0 bridgehead atoms. The van der Waals surface area contributed by atoms with Crippen molar-refractivity contribution in [1.29, 1.82) is 0 Å². The van der Waals surface area contributed by atoms with Crippen molar-refractivity contribution in [2.45, 2.75) is 13.5 Å². The summed E-state index contributed by atoms with van der Waals surface area (Å²) in [5.74, 6) is 0.788. The maximum absolute atomic E-state index is 5.22. The Kier molecular flexibility index (Phi) is 3.05. The fraction of sp³-hybridized carbons (Fsp3) is 0.273. The van der Waals surface area contributed by atoms with Gasteiger partial charge in [-0.25, -0.2) is 0 Å². The zero-order valence-corrected chi connectivity index (χ0v) is 9.32. The van der Waals surface area contributed by atoms with Crippen molar-refractivity contribution in [1.82, 2.24) is 15.2 Å². The van der Waals surface area contributed by atoms with E-state index < -0.39 is 0 Å². The van der Waals surface area contributed by atoms with E-state index in [4.69, 9.17) is 4.74 Å². The minimum absolute atomic E-state index is 0.699. The minimum atomic E-state index is 0.699. The smallest absolute Gasteiger partial charge is 0.145 e. The van der Waals surface area contributed by atoms with Crippen molar-refractivity contribution < 1.29 is 4.74 Å². The van der Waals surface area contributed by atoms with Gasteiger partial charge in [-0.2, -0.15) is 5.10 Å². The molecule has 5 nitrogen and oxygen atoms in total. The molecule has 0 saturated carbocycles. The molecule has 0 aromatic carbocycles. The van der Waals surface area contributed by atoms with E-state index in [2.05, 4.69) is 20.5 Å². The normalized spacial score (nSPS) is 10.1. The van der Waals surface area contributed by atoms with E-state index in [0.717, 1.165) is 22.7 Å². The number of pyridine rings is 1. The standard InChI is InChI=1S/C11H14N4O/c1-8-9(6-14-15-8)5-13-10-7-12-4-3-11(10)16-2/h3-4,6-7,13H,5H2,1-2H3,(H,14,15). The number of H-pyrrole nitrogens is 1. The Labute approximate surface area is 93.9 Å². The van der Waals surface area contributed by atoms with E-state index in [0.29, 0.717) is 6.54 Å². The fourth-order valence-electron chi connectivity index (χ4n) is 1.44. The highest BCUT2D eigenvalue weighted by molar-refractivity contribution is 5.54. The van der Waals surface area contributed by atoms with Crippen LogP contribution in [0.5, 0.6) is 5.75 Å². The minimum Gasteiger partial charge on any atom is -0.494 e. The van der Waals surface area contributed by atoms with Crippen molar-refractivity contribution in [3.8, 4) is 5.75 Å². The summed E-state index contributed by atoms with van der Waals surface area (Å²) in [6, 6.07) is 1.82. The second-order valence-corrected chi connectivity index (χ2v) is 3.45. The van der Waals surface area contributed by atoms with Gasteiger partial charge in [0, 0.05) is 30.1 Å². The third-order valence-corrected chi connectivity index (χ3v) is 2.40. The van der Waals surface area contributed by atoms with Gasteiger partial charge in [-0.15, -0.1) is 0 Å². The number of hydrogen-bond donors (Lipinski definition) is 2. The molecule has 0 aliphatic carbocycles. The van der Waals surface area contributed by atoms with Gasteiger partial charge in [0.05, 0.1) is 25.2 Å². The van der Waals surface area contributed by atoms with Crippen LogP contribution in [0.3, 0.4) is 0 Å². The number of ether oxygens (including phenoxy) is 1. The lowest BCUT2D eigenvalue weighted by molar-refractivity contribution is 0.416. The summed E-state index contributed by atoms with van der Waals surface area (Å²) >= 11 is 0. The fourth-order valence-corrected chi connectivity index (χ4v) is 1.44. The number of nitrogens with one attached hydrogen (secondary N) is 2. The van der Waals surface area contributed by atoms with E-state index in [1.807, 2.05) is 19.2 Å². The van der Waals surface area contributed by atoms with Crippen molar-refractivity contribution in [2.75, 3.05) is 12.4 Å². The summed E-state index contributed by atoms with van der Waals surface area (Å²) in [5, 5.41) is 10.1. The second kappa shape index (κ2) is 4.65. The van der Waals surface area contributed by atoms with Crippen molar-refractivity contribution in [3.05, 3.63) is 35.9 Å². The number of anilines is 1. The first-order valence-electron chi connectivity index (χ1n) is 5.02. The van der Waals surface area contributed by atoms with Gasteiger partial charge in [-0.1, -0.05) is 0 Å². The van der Waals surface area contributed by atoms with Crippen LogP contribution in [-0.2, 0) is 6.54 Å². The van der Waals surface area contributed by atoms with Gasteiger partial charge in [0.25, 0.3) is 0 Å². The molecule has 0 fully saturated rings. The van der Waals surface area contributed by atoms with E-state index in [1.165, 1.54) is 0 Å². The quantitative estimate of drug-likeness (QED) is 0.820. The zero-order valence-electron chi connectivity index (χ0n) is 9.32. The van der Waals surface area contributed by atoms with E-state index >= 15 is 0 Å². The van der Waals surface area contributed by atoms with E-state index in [-0.39, 0.29) is 0 Å². The first-order chi connectivity index (χ1) is 7.81. The molecule has 0 amide bonds. The number of rotatable bonds is 4. The van der Waals surface area contributed by atoms with Crippen LogP contribution in [0.4, 0.5) is 5.69 Å². The molecule has 0 atom stereocenters. The molecule has 16 heavy (non-hydrogen) atoms. The monoisotopic (exact) mass is 218 g/mol. The molecule has 2 heterocycles. The highest BCUT2D eigenvalue weighted by atomic mass is 16.5. The lowest BCUT2D eigenvalue weighted by Crippen LogP contribution is -2.02. The van der Waals surface area contributed by atoms with Gasteiger partial charge in [0.1, 0.15) is 5.75 Å². The average Bonchev–Trinajstić information content (AvgIpc) is 2.72. The lowest BCUT2D eigenvalue weighted by Gasteiger charge is -2.09. The highest BCUT2D eigenvalue weighted by Crippen LogP contribution is 2.22. The molecular formula is C11H14N4O. The first-order valence-corrected chi connectivity index (χ1v) is 5.02. The van der Waals surface area contributed by atoms with E-state index in [1.54, 1.807) is 19.5 Å². The third-order valence-electron chi connectivity index (χ3n) is 2.40. The summed E-state index contributed by atoms with van der Waals surface area (Å²) in [6.45, 7) is 2.69. The Morgan fingerprint density at radius 1 is 1.44 bits per heavy atom. The largest absolute Gasteiger partial charge is 0.494 e. The van der Waals surface area contributed by atoms with Crippen LogP contribution >= 0.6 is 0 Å². The van der Waals surface area contributed by atoms with E-state index in [9.17, 15) is 0 Å². The molecule has 2 N–H and O–H groups in total. The Morgan fingerprint density at radius 3 is 3.00 bits per heavy atom. The summed E-state index contributed by atoms with van der Waals surface area (Å²) in [4.78, 5) is 4.05. The zero-order chi connectivity index (χ0) is 11.4. The van der Waals surface area contributed by atoms with Crippen LogP contribution in [-0.4, -0.2) is 22.3 Å². The number of hydrogen-bond acceptors (Lipinski definition) is 4. The van der Waals surface area contributed by atoms with Gasteiger partial charge in [-0.3, -0.25) is 10.1 Å². The van der Waals surface area contributed by atoms with Crippen LogP contribution in [0, 0.1) is 6.92 Å². The van der Waals surface area contributed by atoms with Crippen LogP contribution in [0.1, 0.15) is 11.3 Å². The first kappa shape index (κ1) is 10.5. The average molecular weight is 218 g/mol. The molecule has 84 valence electrons. The predicted octanol–water partition coefficient (Wildman–Crippen LogP) is 1.73. The van der Waals surface area contributed by atoms with Crippen LogP contribution in [0.25, 0.3) is 0 Å². The summed E-state index contributed by atoms with van der Waals surface area (Å²) in [5.41, 5.74) is 3.08. The maximum atomic E-state index is 5.22. The van der Waals surface area contributed by atoms with Gasteiger partial charge in [-0.05, 0) is 6.92 Å². The predicted molar refractivity (Wildman–Crippen MR) is 61.4 cm³/mol. The van der Waals surface area contributed by atoms with Gasteiger partial charge in [0.15, 0.2) is 0 Å². The summed E-state index contributed by atoms with van der Waals surface area (Å²) < 4.78 is 5.22. The topological polar surface area (TPSA) is 62.8 Å². The molecule has 0 unspecified atom stereocenters. The number of nitrogens with zero attached hydrogens (tertiary/aromatic N) is 2. The van der Waals surface area contributed by atoms with Crippen molar-refractivity contribution in [3.63, 3.8) is 0 Å². The molecule has 0 spiro atoms. The molecule has 2 aromatic rings. The Hall–Kier alpha value is -2.04. The summed E-state index contributed by atoms with van der Waals surface area (Å²) in [7, 11) is 1.64. The van der Waals surface area contributed by atoms with Gasteiger partial charge >= 0.3 is 0 Å². The molecular weight excluding hydrogens is 204 g/mol.